The van der Waals surface area contributed by atoms with Crippen LogP contribution in [0.15, 0.2) is 0 Å². The van der Waals surface area contributed by atoms with E-state index in [2.05, 4.69) is 6.92 Å². The molecule has 1 rings (SSSR count). The minimum atomic E-state index is -0.214. The monoisotopic (exact) mass is 172 g/mol. The average Bonchev–Trinajstić information content (AvgIpc) is 2.69. The number of ether oxygens (including phenoxy) is 1. The van der Waals surface area contributed by atoms with Gasteiger partial charge in [-0.3, -0.25) is 0 Å². The van der Waals surface area contributed by atoms with Crippen molar-refractivity contribution < 1.29 is 9.84 Å². The van der Waals surface area contributed by atoms with E-state index in [9.17, 15) is 5.11 Å². The van der Waals surface area contributed by atoms with Crippen LogP contribution in [0.5, 0.6) is 0 Å². The Morgan fingerprint density at radius 2 is 2.17 bits per heavy atom. The van der Waals surface area contributed by atoms with Gasteiger partial charge in [0.2, 0.25) is 0 Å². The Morgan fingerprint density at radius 1 is 1.50 bits per heavy atom. The quantitative estimate of drug-likeness (QED) is 0.491. The number of hydrogen-bond acceptors (Lipinski definition) is 2. The summed E-state index contributed by atoms with van der Waals surface area (Å²) in [7, 11) is 0. The lowest BCUT2D eigenvalue weighted by Gasteiger charge is -2.12. The van der Waals surface area contributed by atoms with Gasteiger partial charge in [-0.1, -0.05) is 26.2 Å². The Kier molecular flexibility index (Phi) is 3.53. The minimum Gasteiger partial charge on any atom is -0.393 e. The van der Waals surface area contributed by atoms with Crippen molar-refractivity contribution >= 4 is 0 Å². The molecule has 2 unspecified atom stereocenters. The molecule has 2 nitrogen and oxygen atoms in total. The third-order valence-corrected chi connectivity index (χ3v) is 2.46. The largest absolute Gasteiger partial charge is 0.393 e. The molecule has 1 saturated heterocycles. The molecule has 0 saturated carbocycles. The lowest BCUT2D eigenvalue weighted by Crippen LogP contribution is -2.18. The summed E-state index contributed by atoms with van der Waals surface area (Å²) in [5, 5.41) is 9.20. The number of unbranched alkanes of at least 4 members (excludes halogenated alkanes) is 2. The molecule has 72 valence electrons. The fraction of sp³-hybridized carbons (Fsp3) is 1.00. The van der Waals surface area contributed by atoms with Crippen molar-refractivity contribution in [2.75, 3.05) is 6.61 Å². The molecule has 0 bridgehead atoms. The van der Waals surface area contributed by atoms with Crippen LogP contribution in [-0.2, 0) is 4.74 Å². The van der Waals surface area contributed by atoms with Gasteiger partial charge in [0.25, 0.3) is 0 Å². The maximum absolute atomic E-state index is 9.20. The molecular weight excluding hydrogens is 152 g/mol. The second-order valence-corrected chi connectivity index (χ2v) is 3.98. The standard InChI is InChI=1S/C10H20O2/c1-3-4-5-6-10(8-12-10)7-9(2)11/h9,11H,3-8H2,1-2H3. The van der Waals surface area contributed by atoms with Gasteiger partial charge in [-0.25, -0.2) is 0 Å². The highest BCUT2D eigenvalue weighted by molar-refractivity contribution is 4.92. The maximum Gasteiger partial charge on any atom is 0.0941 e. The van der Waals surface area contributed by atoms with Crippen molar-refractivity contribution in [2.24, 2.45) is 0 Å². The van der Waals surface area contributed by atoms with Crippen molar-refractivity contribution in [1.82, 2.24) is 0 Å². The molecule has 0 aromatic rings. The summed E-state index contributed by atoms with van der Waals surface area (Å²) < 4.78 is 5.39. The van der Waals surface area contributed by atoms with Gasteiger partial charge in [0.15, 0.2) is 0 Å². The SMILES string of the molecule is CCCCCC1(CC(C)O)CO1. The van der Waals surface area contributed by atoms with Crippen LogP contribution in [-0.4, -0.2) is 23.4 Å². The fourth-order valence-corrected chi connectivity index (χ4v) is 1.70. The second-order valence-electron chi connectivity index (χ2n) is 3.98. The summed E-state index contributed by atoms with van der Waals surface area (Å²) >= 11 is 0. The van der Waals surface area contributed by atoms with E-state index in [-0.39, 0.29) is 11.7 Å². The van der Waals surface area contributed by atoms with Gasteiger partial charge in [0.1, 0.15) is 0 Å². The first-order chi connectivity index (χ1) is 5.68. The number of aliphatic hydroxyl groups is 1. The third-order valence-electron chi connectivity index (χ3n) is 2.46. The Labute approximate surface area is 74.9 Å². The first kappa shape index (κ1) is 10.0. The van der Waals surface area contributed by atoms with E-state index in [1.807, 2.05) is 6.92 Å². The summed E-state index contributed by atoms with van der Waals surface area (Å²) in [6.45, 7) is 4.90. The molecule has 0 spiro atoms. The van der Waals surface area contributed by atoms with Crippen LogP contribution >= 0.6 is 0 Å². The smallest absolute Gasteiger partial charge is 0.0941 e. The predicted octanol–water partition coefficient (Wildman–Crippen LogP) is 2.11. The Balaban J connectivity index is 2.12. The molecule has 0 aromatic carbocycles. The minimum absolute atomic E-state index is 0.0728. The molecule has 0 radical (unpaired) electrons. The van der Waals surface area contributed by atoms with E-state index in [0.29, 0.717) is 0 Å². The van der Waals surface area contributed by atoms with Crippen LogP contribution in [0.1, 0.15) is 46.0 Å². The van der Waals surface area contributed by atoms with E-state index >= 15 is 0 Å². The molecule has 1 fully saturated rings. The Morgan fingerprint density at radius 3 is 2.58 bits per heavy atom. The summed E-state index contributed by atoms with van der Waals surface area (Å²) in [6, 6.07) is 0. The van der Waals surface area contributed by atoms with Crippen LogP contribution in [0.25, 0.3) is 0 Å². The topological polar surface area (TPSA) is 32.8 Å². The van der Waals surface area contributed by atoms with Gasteiger partial charge in [-0.05, 0) is 13.3 Å². The van der Waals surface area contributed by atoms with E-state index in [4.69, 9.17) is 4.74 Å². The lowest BCUT2D eigenvalue weighted by atomic mass is 9.96. The highest BCUT2D eigenvalue weighted by Crippen LogP contribution is 2.37. The van der Waals surface area contributed by atoms with Gasteiger partial charge in [0.05, 0.1) is 18.3 Å². The molecule has 2 atom stereocenters. The third kappa shape index (κ3) is 3.11. The molecular formula is C10H20O2. The highest BCUT2D eigenvalue weighted by atomic mass is 16.6. The maximum atomic E-state index is 9.20. The first-order valence-corrected chi connectivity index (χ1v) is 5.00. The van der Waals surface area contributed by atoms with Crippen molar-refractivity contribution in [3.8, 4) is 0 Å². The van der Waals surface area contributed by atoms with Gasteiger partial charge in [-0.2, -0.15) is 0 Å². The Hall–Kier alpha value is -0.0800. The van der Waals surface area contributed by atoms with Crippen molar-refractivity contribution in [2.45, 2.75) is 57.7 Å². The zero-order valence-electron chi connectivity index (χ0n) is 8.18. The van der Waals surface area contributed by atoms with Crippen LogP contribution in [0, 0.1) is 0 Å². The number of epoxide rings is 1. The summed E-state index contributed by atoms with van der Waals surface area (Å²) in [4.78, 5) is 0. The van der Waals surface area contributed by atoms with Crippen LogP contribution in [0.4, 0.5) is 0 Å². The van der Waals surface area contributed by atoms with E-state index in [0.717, 1.165) is 19.4 Å². The molecule has 1 aliphatic heterocycles. The summed E-state index contributed by atoms with van der Waals surface area (Å²) in [5.41, 5.74) is 0.0728. The van der Waals surface area contributed by atoms with E-state index in [1.54, 1.807) is 0 Å². The Bertz CT molecular complexity index is 128. The summed E-state index contributed by atoms with van der Waals surface area (Å²) in [6.07, 6.45) is 5.51. The van der Waals surface area contributed by atoms with Crippen LogP contribution in [0.2, 0.25) is 0 Å². The normalized spacial score (nSPS) is 30.2. The predicted molar refractivity (Wildman–Crippen MR) is 49.1 cm³/mol. The number of hydrogen-bond donors (Lipinski definition) is 1. The molecule has 0 aromatic heterocycles. The summed E-state index contributed by atoms with van der Waals surface area (Å²) in [5.74, 6) is 0. The molecule has 1 aliphatic rings. The zero-order chi connectivity index (χ0) is 9.03. The number of aliphatic hydroxyl groups excluding tert-OH is 1. The highest BCUT2D eigenvalue weighted by Gasteiger charge is 2.44. The average molecular weight is 172 g/mol. The first-order valence-electron chi connectivity index (χ1n) is 5.00. The molecule has 0 amide bonds. The molecule has 1 heterocycles. The second kappa shape index (κ2) is 4.24. The van der Waals surface area contributed by atoms with E-state index in [1.165, 1.54) is 19.3 Å². The van der Waals surface area contributed by atoms with Crippen molar-refractivity contribution in [1.29, 1.82) is 0 Å². The fourth-order valence-electron chi connectivity index (χ4n) is 1.70. The molecule has 0 aliphatic carbocycles. The van der Waals surface area contributed by atoms with Gasteiger partial charge in [-0.15, -0.1) is 0 Å². The van der Waals surface area contributed by atoms with Gasteiger partial charge < -0.3 is 9.84 Å². The van der Waals surface area contributed by atoms with Crippen LogP contribution in [0.3, 0.4) is 0 Å². The van der Waals surface area contributed by atoms with Gasteiger partial charge in [0, 0.05) is 6.42 Å². The molecule has 12 heavy (non-hydrogen) atoms. The number of rotatable bonds is 6. The van der Waals surface area contributed by atoms with Crippen LogP contribution < -0.4 is 0 Å². The van der Waals surface area contributed by atoms with Crippen molar-refractivity contribution in [3.63, 3.8) is 0 Å². The zero-order valence-corrected chi connectivity index (χ0v) is 8.18. The lowest BCUT2D eigenvalue weighted by molar-refractivity contribution is 0.134. The van der Waals surface area contributed by atoms with Crippen molar-refractivity contribution in [3.05, 3.63) is 0 Å². The van der Waals surface area contributed by atoms with E-state index < -0.39 is 0 Å². The molecule has 1 N–H and O–H groups in total. The molecule has 2 heteroatoms. The van der Waals surface area contributed by atoms with Gasteiger partial charge >= 0.3 is 0 Å².